The van der Waals surface area contributed by atoms with E-state index < -0.39 is 0 Å². The van der Waals surface area contributed by atoms with E-state index in [4.69, 9.17) is 21.1 Å². The van der Waals surface area contributed by atoms with E-state index >= 15 is 0 Å². The van der Waals surface area contributed by atoms with Crippen molar-refractivity contribution in [3.8, 4) is 11.5 Å². The van der Waals surface area contributed by atoms with Crippen LogP contribution >= 0.6 is 11.6 Å². The van der Waals surface area contributed by atoms with Crippen molar-refractivity contribution in [1.82, 2.24) is 9.97 Å². The predicted molar refractivity (Wildman–Crippen MR) is 113 cm³/mol. The molecule has 0 fully saturated rings. The highest BCUT2D eigenvalue weighted by atomic mass is 35.5. The van der Waals surface area contributed by atoms with E-state index in [2.05, 4.69) is 26.7 Å². The Hall–Kier alpha value is -2.99. The smallest absolute Gasteiger partial charge is 0.229 e. The third kappa shape index (κ3) is 5.27. The number of anilines is 3. The summed E-state index contributed by atoms with van der Waals surface area (Å²) in [5, 5.41) is 7.13. The molecule has 2 N–H and O–H groups in total. The molecule has 3 rings (SSSR count). The first-order valence-electron chi connectivity index (χ1n) is 8.90. The van der Waals surface area contributed by atoms with Gasteiger partial charge in [0, 0.05) is 23.3 Å². The Balaban J connectivity index is 1.68. The van der Waals surface area contributed by atoms with Crippen LogP contribution in [0.25, 0.3) is 0 Å². The van der Waals surface area contributed by atoms with Crippen LogP contribution in [-0.4, -0.2) is 30.7 Å². The van der Waals surface area contributed by atoms with E-state index in [1.54, 1.807) is 32.4 Å². The van der Waals surface area contributed by atoms with E-state index in [1.807, 2.05) is 31.2 Å². The van der Waals surface area contributed by atoms with Gasteiger partial charge in [-0.2, -0.15) is 4.98 Å². The molecule has 0 atom stereocenters. The molecule has 0 saturated heterocycles. The first-order valence-corrected chi connectivity index (χ1v) is 9.28. The summed E-state index contributed by atoms with van der Waals surface area (Å²) in [6, 6.07) is 15.3. The van der Waals surface area contributed by atoms with Gasteiger partial charge in [-0.15, -0.1) is 0 Å². The van der Waals surface area contributed by atoms with E-state index in [1.165, 1.54) is 5.56 Å². The maximum Gasteiger partial charge on any atom is 0.229 e. The van der Waals surface area contributed by atoms with Crippen molar-refractivity contribution in [3.05, 3.63) is 64.8 Å². The van der Waals surface area contributed by atoms with Gasteiger partial charge in [0.2, 0.25) is 5.95 Å². The van der Waals surface area contributed by atoms with E-state index in [0.717, 1.165) is 30.2 Å². The monoisotopic (exact) mass is 398 g/mol. The molecule has 146 valence electrons. The number of methoxy groups -OCH3 is 2. The Kier molecular flexibility index (Phi) is 6.55. The molecule has 1 aromatic heterocycles. The lowest BCUT2D eigenvalue weighted by molar-refractivity contribution is 0.414. The predicted octanol–water partition coefficient (Wildman–Crippen LogP) is 4.85. The number of halogens is 1. The summed E-state index contributed by atoms with van der Waals surface area (Å²) in [6.07, 6.45) is 0.852. The van der Waals surface area contributed by atoms with Crippen LogP contribution in [0.3, 0.4) is 0 Å². The lowest BCUT2D eigenvalue weighted by Gasteiger charge is -2.12. The van der Waals surface area contributed by atoms with Crippen LogP contribution < -0.4 is 20.1 Å². The van der Waals surface area contributed by atoms with Gasteiger partial charge in [-0.3, -0.25) is 0 Å². The second-order valence-corrected chi connectivity index (χ2v) is 6.65. The molecule has 3 aromatic rings. The number of benzene rings is 2. The van der Waals surface area contributed by atoms with Crippen molar-refractivity contribution < 1.29 is 9.47 Å². The number of hydrogen-bond donors (Lipinski definition) is 2. The minimum atomic E-state index is 0.476. The zero-order valence-corrected chi connectivity index (χ0v) is 16.9. The van der Waals surface area contributed by atoms with Crippen molar-refractivity contribution in [2.24, 2.45) is 0 Å². The molecule has 0 spiro atoms. The number of nitrogens with zero attached hydrogens (tertiary/aromatic N) is 2. The van der Waals surface area contributed by atoms with Crippen LogP contribution in [0.5, 0.6) is 11.5 Å². The minimum absolute atomic E-state index is 0.476. The molecule has 7 heteroatoms. The fourth-order valence-electron chi connectivity index (χ4n) is 2.78. The Morgan fingerprint density at radius 3 is 2.64 bits per heavy atom. The van der Waals surface area contributed by atoms with E-state index in [-0.39, 0.29) is 0 Å². The number of rotatable bonds is 8. The van der Waals surface area contributed by atoms with Crippen molar-refractivity contribution in [2.75, 3.05) is 31.4 Å². The molecular weight excluding hydrogens is 376 g/mol. The van der Waals surface area contributed by atoms with Crippen LogP contribution in [0.2, 0.25) is 5.02 Å². The zero-order valence-electron chi connectivity index (χ0n) is 16.1. The molecule has 6 nitrogen and oxygen atoms in total. The van der Waals surface area contributed by atoms with Gasteiger partial charge >= 0.3 is 0 Å². The summed E-state index contributed by atoms with van der Waals surface area (Å²) in [5.41, 5.74) is 2.75. The summed E-state index contributed by atoms with van der Waals surface area (Å²) >= 11 is 6.09. The molecule has 0 aliphatic heterocycles. The lowest BCUT2D eigenvalue weighted by Crippen LogP contribution is -2.09. The molecule has 0 aliphatic carbocycles. The van der Waals surface area contributed by atoms with Crippen molar-refractivity contribution in [3.63, 3.8) is 0 Å². The highest BCUT2D eigenvalue weighted by molar-refractivity contribution is 6.31. The number of hydrogen-bond acceptors (Lipinski definition) is 6. The third-order valence-electron chi connectivity index (χ3n) is 4.12. The summed E-state index contributed by atoms with van der Waals surface area (Å²) in [6.45, 7) is 2.67. The van der Waals surface area contributed by atoms with Gasteiger partial charge in [0.1, 0.15) is 17.3 Å². The maximum atomic E-state index is 6.09. The van der Waals surface area contributed by atoms with Gasteiger partial charge < -0.3 is 20.1 Å². The molecule has 0 saturated carbocycles. The zero-order chi connectivity index (χ0) is 19.9. The SMILES string of the molecule is COc1cccc(CCNc2cc(C)nc(Nc3cc(Cl)ccc3OC)n2)c1. The Morgan fingerprint density at radius 1 is 1.00 bits per heavy atom. The quantitative estimate of drug-likeness (QED) is 0.565. The van der Waals surface area contributed by atoms with E-state index in [9.17, 15) is 0 Å². The van der Waals surface area contributed by atoms with Crippen LogP contribution in [0.4, 0.5) is 17.5 Å². The summed E-state index contributed by atoms with van der Waals surface area (Å²) in [5.74, 6) is 2.75. The lowest BCUT2D eigenvalue weighted by atomic mass is 10.1. The molecule has 2 aromatic carbocycles. The Morgan fingerprint density at radius 2 is 1.86 bits per heavy atom. The van der Waals surface area contributed by atoms with Gasteiger partial charge in [-0.1, -0.05) is 23.7 Å². The van der Waals surface area contributed by atoms with Gasteiger partial charge in [0.15, 0.2) is 0 Å². The second kappa shape index (κ2) is 9.28. The van der Waals surface area contributed by atoms with Gasteiger partial charge in [0.25, 0.3) is 0 Å². The largest absolute Gasteiger partial charge is 0.497 e. The van der Waals surface area contributed by atoms with E-state index in [0.29, 0.717) is 22.4 Å². The first kappa shape index (κ1) is 19.8. The molecule has 0 aliphatic rings. The van der Waals surface area contributed by atoms with Crippen molar-refractivity contribution in [1.29, 1.82) is 0 Å². The molecule has 0 radical (unpaired) electrons. The highest BCUT2D eigenvalue weighted by Crippen LogP contribution is 2.29. The number of ether oxygens (including phenoxy) is 2. The standard InChI is InChI=1S/C21H23ClN4O2/c1-14-11-20(23-10-9-15-5-4-6-17(12-15)27-2)26-21(24-14)25-18-13-16(22)7-8-19(18)28-3/h4-8,11-13H,9-10H2,1-3H3,(H2,23,24,25,26). The summed E-state index contributed by atoms with van der Waals surface area (Å²) in [7, 11) is 3.28. The van der Waals surface area contributed by atoms with Crippen molar-refractivity contribution in [2.45, 2.75) is 13.3 Å². The third-order valence-corrected chi connectivity index (χ3v) is 4.35. The van der Waals surface area contributed by atoms with Gasteiger partial charge in [0.05, 0.1) is 19.9 Å². The van der Waals surface area contributed by atoms with Crippen LogP contribution in [0.1, 0.15) is 11.3 Å². The first-order chi connectivity index (χ1) is 13.6. The molecule has 0 unspecified atom stereocenters. The van der Waals surface area contributed by atoms with Gasteiger partial charge in [-0.05, 0) is 49.2 Å². The molecule has 28 heavy (non-hydrogen) atoms. The number of nitrogens with one attached hydrogen (secondary N) is 2. The van der Waals surface area contributed by atoms with Gasteiger partial charge in [-0.25, -0.2) is 4.98 Å². The normalized spacial score (nSPS) is 10.4. The molecule has 0 bridgehead atoms. The second-order valence-electron chi connectivity index (χ2n) is 6.22. The summed E-state index contributed by atoms with van der Waals surface area (Å²) < 4.78 is 10.6. The van der Waals surface area contributed by atoms with Crippen molar-refractivity contribution >= 4 is 29.1 Å². The van der Waals surface area contributed by atoms with Crippen LogP contribution in [0.15, 0.2) is 48.5 Å². The average Bonchev–Trinajstić information content (AvgIpc) is 2.68. The molecular formula is C21H23ClN4O2. The number of aryl methyl sites for hydroxylation is 1. The minimum Gasteiger partial charge on any atom is -0.497 e. The summed E-state index contributed by atoms with van der Waals surface area (Å²) in [4.78, 5) is 8.99. The molecule has 1 heterocycles. The van der Waals surface area contributed by atoms with Crippen LogP contribution in [-0.2, 0) is 6.42 Å². The Bertz CT molecular complexity index is 949. The fourth-order valence-corrected chi connectivity index (χ4v) is 2.95. The van der Waals surface area contributed by atoms with Crippen LogP contribution in [0, 0.1) is 6.92 Å². The topological polar surface area (TPSA) is 68.3 Å². The Labute approximate surface area is 169 Å². The fraction of sp³-hybridized carbons (Fsp3) is 0.238. The molecule has 0 amide bonds. The highest BCUT2D eigenvalue weighted by Gasteiger charge is 2.08. The average molecular weight is 399 g/mol. The number of aromatic nitrogens is 2. The maximum absolute atomic E-state index is 6.09.